The number of halogens is 1. The first-order valence-electron chi connectivity index (χ1n) is 5.91. The van der Waals surface area contributed by atoms with E-state index in [1.807, 2.05) is 13.8 Å². The quantitative estimate of drug-likeness (QED) is 0.630. The van der Waals surface area contributed by atoms with E-state index in [1.165, 1.54) is 0 Å². The van der Waals surface area contributed by atoms with Gasteiger partial charge in [-0.2, -0.15) is 4.99 Å². The van der Waals surface area contributed by atoms with Gasteiger partial charge in [-0.05, 0) is 71.8 Å². The van der Waals surface area contributed by atoms with Gasteiger partial charge in [0.05, 0.1) is 17.1 Å². The molecule has 0 amide bonds. The molecule has 96 valence electrons. The zero-order chi connectivity index (χ0) is 13.5. The number of aliphatic imine (C=N–C) groups is 1. The molecule has 2 rings (SSSR count). The highest BCUT2D eigenvalue weighted by Gasteiger charge is 2.47. The third kappa shape index (κ3) is 1.80. The highest BCUT2D eigenvalue weighted by atomic mass is 79.9. The van der Waals surface area contributed by atoms with Crippen molar-refractivity contribution in [3.05, 3.63) is 26.7 Å². The zero-order valence-corrected chi connectivity index (χ0v) is 12.6. The van der Waals surface area contributed by atoms with E-state index in [4.69, 9.17) is 4.74 Å². The van der Waals surface area contributed by atoms with Crippen LogP contribution < -0.4 is 4.74 Å². The molecule has 0 atom stereocenters. The summed E-state index contributed by atoms with van der Waals surface area (Å²) in [5.41, 5.74) is 4.17. The molecule has 1 aliphatic carbocycles. The van der Waals surface area contributed by atoms with Crippen molar-refractivity contribution in [2.45, 2.75) is 39.2 Å². The normalized spacial score (nSPS) is 16.1. The van der Waals surface area contributed by atoms with E-state index in [0.717, 1.165) is 45.3 Å². The Labute approximate surface area is 115 Å². The predicted molar refractivity (Wildman–Crippen MR) is 73.9 cm³/mol. The van der Waals surface area contributed by atoms with E-state index >= 15 is 0 Å². The van der Waals surface area contributed by atoms with Crippen LogP contribution in [0.25, 0.3) is 0 Å². The number of carbonyl (C=O) groups excluding carboxylic acids is 1. The van der Waals surface area contributed by atoms with Gasteiger partial charge in [0.2, 0.25) is 6.08 Å². The molecular formula is C14H16BrNO2. The minimum Gasteiger partial charge on any atom is -0.495 e. The summed E-state index contributed by atoms with van der Waals surface area (Å²) in [6.07, 6.45) is 3.56. The number of isocyanates is 1. The average molecular weight is 310 g/mol. The Kier molecular flexibility index (Phi) is 3.35. The van der Waals surface area contributed by atoms with Crippen LogP contribution in [0.15, 0.2) is 9.47 Å². The standard InChI is InChI=1S/C14H16BrNO2/c1-8-9(2)13(18-4)12(15)10(3)11(8)14(5-6-14)16-7-17/h5-6H2,1-4H3. The smallest absolute Gasteiger partial charge is 0.235 e. The lowest BCUT2D eigenvalue weighted by Gasteiger charge is -2.21. The molecule has 1 aromatic carbocycles. The van der Waals surface area contributed by atoms with Gasteiger partial charge in [-0.1, -0.05) is 0 Å². The highest BCUT2D eigenvalue weighted by molar-refractivity contribution is 9.10. The summed E-state index contributed by atoms with van der Waals surface area (Å²) in [5, 5.41) is 0. The topological polar surface area (TPSA) is 38.7 Å². The van der Waals surface area contributed by atoms with E-state index < -0.39 is 0 Å². The second kappa shape index (κ2) is 4.52. The van der Waals surface area contributed by atoms with Crippen molar-refractivity contribution in [1.29, 1.82) is 0 Å². The molecular weight excluding hydrogens is 294 g/mol. The third-order valence-electron chi connectivity index (χ3n) is 3.83. The average Bonchev–Trinajstić information content (AvgIpc) is 3.09. The van der Waals surface area contributed by atoms with Gasteiger partial charge in [-0.15, -0.1) is 0 Å². The van der Waals surface area contributed by atoms with Crippen LogP contribution in [-0.4, -0.2) is 13.2 Å². The minimum absolute atomic E-state index is 0.338. The molecule has 0 unspecified atom stereocenters. The molecule has 0 aliphatic heterocycles. The van der Waals surface area contributed by atoms with Gasteiger partial charge in [-0.25, -0.2) is 4.79 Å². The van der Waals surface area contributed by atoms with Crippen molar-refractivity contribution < 1.29 is 9.53 Å². The summed E-state index contributed by atoms with van der Waals surface area (Å²) >= 11 is 3.58. The monoisotopic (exact) mass is 309 g/mol. The second-order valence-corrected chi connectivity index (χ2v) is 5.62. The first-order valence-corrected chi connectivity index (χ1v) is 6.70. The second-order valence-electron chi connectivity index (χ2n) is 4.83. The minimum atomic E-state index is -0.338. The van der Waals surface area contributed by atoms with Gasteiger partial charge in [0, 0.05) is 0 Å². The number of benzene rings is 1. The van der Waals surface area contributed by atoms with Gasteiger partial charge in [0.25, 0.3) is 0 Å². The molecule has 1 aromatic rings. The molecule has 4 heteroatoms. The summed E-state index contributed by atoms with van der Waals surface area (Å²) in [6, 6.07) is 0. The van der Waals surface area contributed by atoms with Crippen LogP contribution in [0.3, 0.4) is 0 Å². The number of nitrogens with zero attached hydrogens (tertiary/aromatic N) is 1. The van der Waals surface area contributed by atoms with Crippen LogP contribution in [0.4, 0.5) is 0 Å². The maximum atomic E-state index is 10.6. The SMILES string of the molecule is COc1c(C)c(C)c(C2(N=C=O)CC2)c(C)c1Br. The summed E-state index contributed by atoms with van der Waals surface area (Å²) < 4.78 is 6.38. The lowest BCUT2D eigenvalue weighted by Crippen LogP contribution is -2.11. The Morgan fingerprint density at radius 3 is 2.28 bits per heavy atom. The molecule has 3 nitrogen and oxygen atoms in total. The van der Waals surface area contributed by atoms with Gasteiger partial charge in [-0.3, -0.25) is 0 Å². The molecule has 1 saturated carbocycles. The van der Waals surface area contributed by atoms with E-state index in [-0.39, 0.29) is 5.54 Å². The Morgan fingerprint density at radius 2 is 1.83 bits per heavy atom. The van der Waals surface area contributed by atoms with Crippen LogP contribution in [0.1, 0.15) is 35.1 Å². The maximum absolute atomic E-state index is 10.6. The predicted octanol–water partition coefficient (Wildman–Crippen LogP) is 3.71. The fourth-order valence-corrected chi connectivity index (χ4v) is 3.31. The lowest BCUT2D eigenvalue weighted by atomic mass is 9.91. The van der Waals surface area contributed by atoms with Crippen molar-refractivity contribution in [2.75, 3.05) is 7.11 Å². The molecule has 0 saturated heterocycles. The largest absolute Gasteiger partial charge is 0.495 e. The van der Waals surface area contributed by atoms with Crippen molar-refractivity contribution in [3.8, 4) is 5.75 Å². The first-order chi connectivity index (χ1) is 8.48. The lowest BCUT2D eigenvalue weighted by molar-refractivity contribution is 0.407. The van der Waals surface area contributed by atoms with Crippen LogP contribution in [0, 0.1) is 20.8 Å². The van der Waals surface area contributed by atoms with Crippen LogP contribution in [-0.2, 0) is 10.3 Å². The summed E-state index contributed by atoms with van der Waals surface area (Å²) in [7, 11) is 1.67. The first kappa shape index (κ1) is 13.3. The van der Waals surface area contributed by atoms with Gasteiger partial charge < -0.3 is 4.74 Å². The Morgan fingerprint density at radius 1 is 1.22 bits per heavy atom. The van der Waals surface area contributed by atoms with Gasteiger partial charge >= 0.3 is 0 Å². The number of rotatable bonds is 3. The molecule has 0 bridgehead atoms. The summed E-state index contributed by atoms with van der Waals surface area (Å²) in [4.78, 5) is 14.7. The Balaban J connectivity index is 2.74. The third-order valence-corrected chi connectivity index (χ3v) is 4.79. The molecule has 0 aromatic heterocycles. The van der Waals surface area contributed by atoms with Crippen molar-refractivity contribution >= 4 is 22.0 Å². The highest BCUT2D eigenvalue weighted by Crippen LogP contribution is 2.54. The Hall–Kier alpha value is -1.12. The molecule has 0 spiro atoms. The number of hydrogen-bond acceptors (Lipinski definition) is 3. The van der Waals surface area contributed by atoms with E-state index in [2.05, 4.69) is 27.8 Å². The van der Waals surface area contributed by atoms with Crippen LogP contribution in [0.2, 0.25) is 0 Å². The summed E-state index contributed by atoms with van der Waals surface area (Å²) in [6.45, 7) is 6.13. The van der Waals surface area contributed by atoms with E-state index in [0.29, 0.717) is 0 Å². The van der Waals surface area contributed by atoms with Crippen molar-refractivity contribution in [3.63, 3.8) is 0 Å². The number of methoxy groups -OCH3 is 1. The van der Waals surface area contributed by atoms with Gasteiger partial charge in [0.1, 0.15) is 5.75 Å². The van der Waals surface area contributed by atoms with Gasteiger partial charge in [0.15, 0.2) is 0 Å². The fraction of sp³-hybridized carbons (Fsp3) is 0.500. The van der Waals surface area contributed by atoms with Crippen molar-refractivity contribution in [1.82, 2.24) is 0 Å². The maximum Gasteiger partial charge on any atom is 0.235 e. The van der Waals surface area contributed by atoms with Crippen LogP contribution in [0.5, 0.6) is 5.75 Å². The van der Waals surface area contributed by atoms with E-state index in [9.17, 15) is 4.79 Å². The molecule has 1 fully saturated rings. The molecule has 0 radical (unpaired) electrons. The van der Waals surface area contributed by atoms with Crippen LogP contribution >= 0.6 is 15.9 Å². The molecule has 1 aliphatic rings. The molecule has 18 heavy (non-hydrogen) atoms. The van der Waals surface area contributed by atoms with E-state index in [1.54, 1.807) is 13.2 Å². The van der Waals surface area contributed by atoms with Crippen molar-refractivity contribution in [2.24, 2.45) is 4.99 Å². The number of ether oxygens (including phenoxy) is 1. The molecule has 0 N–H and O–H groups in total. The fourth-order valence-electron chi connectivity index (χ4n) is 2.65. The molecule has 0 heterocycles. The zero-order valence-electron chi connectivity index (χ0n) is 11.1. The Bertz CT molecular complexity index is 526. The number of hydrogen-bond donors (Lipinski definition) is 0. The summed E-state index contributed by atoms with van der Waals surface area (Å²) in [5.74, 6) is 0.861.